The van der Waals surface area contributed by atoms with Crippen molar-refractivity contribution >= 4 is 21.6 Å². The van der Waals surface area contributed by atoms with E-state index >= 15 is 0 Å². The van der Waals surface area contributed by atoms with Crippen molar-refractivity contribution in [2.45, 2.75) is 43.7 Å². The Kier molecular flexibility index (Phi) is 8.00. The minimum absolute atomic E-state index is 0.0312. The molecule has 0 bridgehead atoms. The first-order valence-corrected chi connectivity index (χ1v) is 12.0. The molecule has 1 aliphatic rings. The lowest BCUT2D eigenvalue weighted by molar-refractivity contribution is 0.0593. The zero-order valence-corrected chi connectivity index (χ0v) is 19.2. The van der Waals surface area contributed by atoms with Gasteiger partial charge in [0.1, 0.15) is 6.26 Å². The number of nitrogens with zero attached hydrogens (tertiary/aromatic N) is 1. The van der Waals surface area contributed by atoms with E-state index < -0.39 is 22.1 Å². The van der Waals surface area contributed by atoms with Gasteiger partial charge in [0, 0.05) is 11.1 Å². The van der Waals surface area contributed by atoms with Crippen molar-refractivity contribution in [2.75, 3.05) is 13.4 Å². The fraction of sp³-hybridized carbons (Fsp3) is 0.391. The van der Waals surface area contributed by atoms with Crippen molar-refractivity contribution in [1.82, 2.24) is 4.31 Å². The first kappa shape index (κ1) is 23.6. The smallest absolute Gasteiger partial charge is 0.244 e. The van der Waals surface area contributed by atoms with Crippen LogP contribution in [-0.2, 0) is 25.9 Å². The first-order chi connectivity index (χ1) is 14.8. The maximum absolute atomic E-state index is 13.9. The second-order valence-electron chi connectivity index (χ2n) is 7.91. The number of hydrogen-bond donors (Lipinski definition) is 1. The van der Waals surface area contributed by atoms with Crippen molar-refractivity contribution in [3.05, 3.63) is 77.2 Å². The van der Waals surface area contributed by atoms with Crippen molar-refractivity contribution < 1.29 is 23.0 Å². The Labute approximate surface area is 189 Å². The Morgan fingerprint density at radius 3 is 2.32 bits per heavy atom. The van der Waals surface area contributed by atoms with E-state index in [-0.39, 0.29) is 24.2 Å². The Bertz CT molecular complexity index is 977. The average molecular weight is 466 g/mol. The summed E-state index contributed by atoms with van der Waals surface area (Å²) in [7, 11) is -3.99. The molecule has 2 atom stereocenters. The highest BCUT2D eigenvalue weighted by molar-refractivity contribution is 7.89. The summed E-state index contributed by atoms with van der Waals surface area (Å²) in [5, 5.41) is 10.7. The van der Waals surface area contributed by atoms with Crippen LogP contribution in [-0.4, -0.2) is 43.3 Å². The number of benzene rings is 2. The number of sulfonamides is 1. The highest BCUT2D eigenvalue weighted by Gasteiger charge is 2.41. The number of rotatable bonds is 10. The molecule has 1 aliphatic heterocycles. The van der Waals surface area contributed by atoms with Gasteiger partial charge in [-0.2, -0.15) is 4.31 Å². The summed E-state index contributed by atoms with van der Waals surface area (Å²) in [5.41, 5.74) is 0.946. The lowest BCUT2D eigenvalue weighted by Crippen LogP contribution is -2.51. The summed E-state index contributed by atoms with van der Waals surface area (Å²) in [6.07, 6.45) is 2.32. The molecule has 0 spiro atoms. The second kappa shape index (κ2) is 10.5. The molecule has 0 aliphatic carbocycles. The van der Waals surface area contributed by atoms with Gasteiger partial charge in [0.15, 0.2) is 5.76 Å². The summed E-state index contributed by atoms with van der Waals surface area (Å²) >= 11 is 5.98. The molecule has 0 saturated heterocycles. The predicted molar refractivity (Wildman–Crippen MR) is 120 cm³/mol. The van der Waals surface area contributed by atoms with Crippen LogP contribution in [0.5, 0.6) is 0 Å². The highest BCUT2D eigenvalue weighted by atomic mass is 35.5. The molecule has 0 aromatic heterocycles. The molecule has 168 valence electrons. The van der Waals surface area contributed by atoms with E-state index in [1.807, 2.05) is 44.2 Å². The summed E-state index contributed by atoms with van der Waals surface area (Å²) in [5.74, 6) is 0.593. The number of halogens is 1. The van der Waals surface area contributed by atoms with E-state index in [0.717, 1.165) is 5.56 Å². The fourth-order valence-corrected chi connectivity index (χ4v) is 5.64. The Hall–Kier alpha value is -2.06. The van der Waals surface area contributed by atoms with Crippen LogP contribution < -0.4 is 0 Å². The van der Waals surface area contributed by atoms with Crippen LogP contribution >= 0.6 is 11.6 Å². The standard InChI is InChI=1S/C23H28ClNO5S/c1-17(2)12-20(14-26)25(31(27,28)21-10-8-19(24)9-11-21)22(23-15-29-16-30-23)13-18-6-4-3-5-7-18/h3-11,15,17,20,22,26H,12-14,16H2,1-2H3/t20-,22?/m1/s1. The molecule has 8 heteroatoms. The van der Waals surface area contributed by atoms with Crippen LogP contribution in [0, 0.1) is 5.92 Å². The third-order valence-electron chi connectivity index (χ3n) is 5.10. The topological polar surface area (TPSA) is 76.1 Å². The maximum Gasteiger partial charge on any atom is 0.244 e. The van der Waals surface area contributed by atoms with E-state index in [1.165, 1.54) is 22.7 Å². The van der Waals surface area contributed by atoms with Gasteiger partial charge in [0.25, 0.3) is 0 Å². The molecular formula is C23H28ClNO5S. The quantitative estimate of drug-likeness (QED) is 0.569. The van der Waals surface area contributed by atoms with Gasteiger partial charge in [0.05, 0.1) is 17.5 Å². The summed E-state index contributed by atoms with van der Waals surface area (Å²) in [6, 6.07) is 14.3. The molecule has 1 unspecified atom stereocenters. The van der Waals surface area contributed by atoms with Crippen LogP contribution in [0.25, 0.3) is 0 Å². The maximum atomic E-state index is 13.9. The van der Waals surface area contributed by atoms with Gasteiger partial charge in [-0.25, -0.2) is 8.42 Å². The van der Waals surface area contributed by atoms with Gasteiger partial charge in [-0.3, -0.25) is 0 Å². The van der Waals surface area contributed by atoms with Crippen LogP contribution in [0.3, 0.4) is 0 Å². The van der Waals surface area contributed by atoms with Crippen molar-refractivity contribution in [1.29, 1.82) is 0 Å². The average Bonchev–Trinajstić information content (AvgIpc) is 3.28. The van der Waals surface area contributed by atoms with Crippen molar-refractivity contribution in [2.24, 2.45) is 5.92 Å². The minimum Gasteiger partial charge on any atom is -0.462 e. The zero-order chi connectivity index (χ0) is 22.4. The zero-order valence-electron chi connectivity index (χ0n) is 17.6. The minimum atomic E-state index is -3.99. The number of aliphatic hydroxyl groups is 1. The fourth-order valence-electron chi connectivity index (χ4n) is 3.73. The largest absolute Gasteiger partial charge is 0.462 e. The molecule has 0 amide bonds. The Morgan fingerprint density at radius 1 is 1.10 bits per heavy atom. The summed E-state index contributed by atoms with van der Waals surface area (Å²) in [4.78, 5) is 0.108. The molecule has 3 rings (SSSR count). The van der Waals surface area contributed by atoms with Gasteiger partial charge in [-0.1, -0.05) is 55.8 Å². The van der Waals surface area contributed by atoms with Crippen LogP contribution in [0.2, 0.25) is 5.02 Å². The molecular weight excluding hydrogens is 438 g/mol. The molecule has 0 fully saturated rings. The Balaban J connectivity index is 2.11. The van der Waals surface area contributed by atoms with Gasteiger partial charge in [-0.15, -0.1) is 0 Å². The van der Waals surface area contributed by atoms with Gasteiger partial charge >= 0.3 is 0 Å². The SMILES string of the molecule is CC(C)C[C@H](CO)N(C(Cc1ccccc1)C1=COCO1)S(=O)(=O)c1ccc(Cl)cc1. The summed E-state index contributed by atoms with van der Waals surface area (Å²) in [6.45, 7) is 3.71. The van der Waals surface area contributed by atoms with E-state index in [0.29, 0.717) is 23.6 Å². The summed E-state index contributed by atoms with van der Waals surface area (Å²) < 4.78 is 40.0. The second-order valence-corrected chi connectivity index (χ2v) is 10.2. The lowest BCUT2D eigenvalue weighted by atomic mass is 10.00. The van der Waals surface area contributed by atoms with Crippen LogP contribution in [0.15, 0.2) is 71.5 Å². The number of aliphatic hydroxyl groups excluding tert-OH is 1. The molecule has 1 N–H and O–H groups in total. The van der Waals surface area contributed by atoms with E-state index in [4.69, 9.17) is 21.1 Å². The third kappa shape index (κ3) is 5.80. The third-order valence-corrected chi connectivity index (χ3v) is 7.33. The molecule has 6 nitrogen and oxygen atoms in total. The lowest BCUT2D eigenvalue weighted by Gasteiger charge is -2.37. The molecule has 0 radical (unpaired) electrons. The van der Waals surface area contributed by atoms with Crippen LogP contribution in [0.1, 0.15) is 25.8 Å². The van der Waals surface area contributed by atoms with Crippen molar-refractivity contribution in [3.63, 3.8) is 0 Å². The van der Waals surface area contributed by atoms with Crippen molar-refractivity contribution in [3.8, 4) is 0 Å². The molecule has 31 heavy (non-hydrogen) atoms. The molecule has 1 heterocycles. The predicted octanol–water partition coefficient (Wildman–Crippen LogP) is 4.19. The Morgan fingerprint density at radius 2 is 1.77 bits per heavy atom. The normalized spacial score (nSPS) is 16.0. The van der Waals surface area contributed by atoms with E-state index in [9.17, 15) is 13.5 Å². The van der Waals surface area contributed by atoms with Gasteiger partial charge in [0.2, 0.25) is 16.8 Å². The first-order valence-electron chi connectivity index (χ1n) is 10.2. The van der Waals surface area contributed by atoms with Crippen LogP contribution in [0.4, 0.5) is 0 Å². The van der Waals surface area contributed by atoms with Gasteiger partial charge < -0.3 is 14.6 Å². The van der Waals surface area contributed by atoms with E-state index in [1.54, 1.807) is 12.1 Å². The van der Waals surface area contributed by atoms with E-state index in [2.05, 4.69) is 0 Å². The number of hydrogen-bond acceptors (Lipinski definition) is 5. The van der Waals surface area contributed by atoms with Gasteiger partial charge in [-0.05, 0) is 48.6 Å². The number of ether oxygens (including phenoxy) is 2. The highest BCUT2D eigenvalue weighted by Crippen LogP contribution is 2.31. The molecule has 2 aromatic rings. The molecule has 2 aromatic carbocycles. The monoisotopic (exact) mass is 465 g/mol. The molecule has 0 saturated carbocycles.